The molecule has 0 atom stereocenters. The van der Waals surface area contributed by atoms with E-state index in [0.717, 1.165) is 11.0 Å². The number of anilines is 1. The van der Waals surface area contributed by atoms with Crippen molar-refractivity contribution in [3.63, 3.8) is 0 Å². The zero-order chi connectivity index (χ0) is 21.0. The number of ether oxygens (including phenoxy) is 1. The summed E-state index contributed by atoms with van der Waals surface area (Å²) in [5.74, 6) is -0.993. The highest BCUT2D eigenvalue weighted by atomic mass is 16.5. The minimum Gasteiger partial charge on any atom is -0.508 e. The number of imide groups is 1. The van der Waals surface area contributed by atoms with Crippen LogP contribution in [0.3, 0.4) is 0 Å². The van der Waals surface area contributed by atoms with Crippen molar-refractivity contribution in [1.29, 1.82) is 0 Å². The lowest BCUT2D eigenvalue weighted by molar-refractivity contribution is -0.127. The molecular formula is C20H19N3O6. The molecule has 9 nitrogen and oxygen atoms in total. The van der Waals surface area contributed by atoms with Crippen LogP contribution in [0.15, 0.2) is 48.2 Å². The molecule has 29 heavy (non-hydrogen) atoms. The molecule has 0 radical (unpaired) electrons. The molecule has 0 spiro atoms. The van der Waals surface area contributed by atoms with Crippen molar-refractivity contribution in [2.24, 2.45) is 0 Å². The average molecular weight is 397 g/mol. The van der Waals surface area contributed by atoms with Crippen LogP contribution in [0, 0.1) is 0 Å². The SMILES string of the molecule is CCOc1ccc(NC(=O)CN2C(=O)N/C(=C\c3ccc(O)cc3O)C2=O)cc1. The molecule has 0 aromatic heterocycles. The van der Waals surface area contributed by atoms with Gasteiger partial charge in [-0.25, -0.2) is 9.69 Å². The molecule has 0 saturated carbocycles. The lowest BCUT2D eigenvalue weighted by Gasteiger charge is -2.12. The van der Waals surface area contributed by atoms with Crippen LogP contribution < -0.4 is 15.4 Å². The van der Waals surface area contributed by atoms with E-state index < -0.39 is 24.4 Å². The third kappa shape index (κ3) is 4.64. The molecule has 1 aliphatic heterocycles. The average Bonchev–Trinajstić information content (AvgIpc) is 2.93. The summed E-state index contributed by atoms with van der Waals surface area (Å²) >= 11 is 0. The Hall–Kier alpha value is -4.01. The van der Waals surface area contributed by atoms with Gasteiger partial charge in [-0.15, -0.1) is 0 Å². The Labute approximate surface area is 166 Å². The van der Waals surface area contributed by atoms with Crippen molar-refractivity contribution in [3.05, 3.63) is 53.7 Å². The first kappa shape index (κ1) is 19.7. The number of urea groups is 1. The largest absolute Gasteiger partial charge is 0.508 e. The highest BCUT2D eigenvalue weighted by Crippen LogP contribution is 2.25. The lowest BCUT2D eigenvalue weighted by atomic mass is 10.1. The van der Waals surface area contributed by atoms with Crippen LogP contribution in [0.2, 0.25) is 0 Å². The minimum atomic E-state index is -0.749. The molecule has 2 aromatic rings. The maximum atomic E-state index is 12.4. The van der Waals surface area contributed by atoms with Gasteiger partial charge >= 0.3 is 6.03 Å². The van der Waals surface area contributed by atoms with Gasteiger partial charge in [0.05, 0.1) is 6.61 Å². The highest BCUT2D eigenvalue weighted by Gasteiger charge is 2.35. The van der Waals surface area contributed by atoms with Gasteiger partial charge in [0.2, 0.25) is 5.91 Å². The number of phenols is 2. The summed E-state index contributed by atoms with van der Waals surface area (Å²) < 4.78 is 5.32. The molecule has 1 saturated heterocycles. The molecule has 2 aromatic carbocycles. The fourth-order valence-electron chi connectivity index (χ4n) is 2.67. The summed E-state index contributed by atoms with van der Waals surface area (Å²) in [5, 5.41) is 24.1. The van der Waals surface area contributed by atoms with Gasteiger partial charge in [0.25, 0.3) is 5.91 Å². The number of carbonyl (C=O) groups is 3. The van der Waals surface area contributed by atoms with Crippen LogP contribution in [-0.2, 0) is 9.59 Å². The highest BCUT2D eigenvalue weighted by molar-refractivity contribution is 6.16. The Morgan fingerprint density at radius 2 is 1.90 bits per heavy atom. The van der Waals surface area contributed by atoms with Gasteiger partial charge in [-0.3, -0.25) is 9.59 Å². The number of nitrogens with one attached hydrogen (secondary N) is 2. The number of phenolic OH excluding ortho intramolecular Hbond substituents is 2. The maximum Gasteiger partial charge on any atom is 0.329 e. The number of benzene rings is 2. The number of nitrogens with zero attached hydrogens (tertiary/aromatic N) is 1. The van der Waals surface area contributed by atoms with Crippen LogP contribution in [0.1, 0.15) is 12.5 Å². The first-order valence-electron chi connectivity index (χ1n) is 8.76. The number of amides is 4. The molecule has 0 bridgehead atoms. The van der Waals surface area contributed by atoms with Crippen LogP contribution >= 0.6 is 0 Å². The number of rotatable bonds is 6. The van der Waals surface area contributed by atoms with Crippen molar-refractivity contribution in [2.75, 3.05) is 18.5 Å². The number of hydrogen-bond acceptors (Lipinski definition) is 6. The van der Waals surface area contributed by atoms with Crippen LogP contribution in [0.5, 0.6) is 17.2 Å². The van der Waals surface area contributed by atoms with Crippen molar-refractivity contribution in [2.45, 2.75) is 6.92 Å². The number of carbonyl (C=O) groups excluding carboxylic acids is 3. The molecule has 150 valence electrons. The van der Waals surface area contributed by atoms with Crippen molar-refractivity contribution >= 4 is 29.6 Å². The number of hydrogen-bond donors (Lipinski definition) is 4. The Morgan fingerprint density at radius 3 is 2.55 bits per heavy atom. The summed E-state index contributed by atoms with van der Waals surface area (Å²) in [6, 6.07) is 9.75. The molecule has 0 unspecified atom stereocenters. The quantitative estimate of drug-likeness (QED) is 0.436. The summed E-state index contributed by atoms with van der Waals surface area (Å²) in [6.45, 7) is 1.91. The third-order valence-corrected chi connectivity index (χ3v) is 4.03. The zero-order valence-electron chi connectivity index (χ0n) is 15.5. The van der Waals surface area contributed by atoms with Gasteiger partial charge < -0.3 is 25.6 Å². The molecule has 4 amide bonds. The lowest BCUT2D eigenvalue weighted by Crippen LogP contribution is -2.38. The summed E-state index contributed by atoms with van der Waals surface area (Å²) in [7, 11) is 0. The van der Waals surface area contributed by atoms with E-state index in [2.05, 4.69) is 10.6 Å². The fourth-order valence-corrected chi connectivity index (χ4v) is 2.67. The first-order chi connectivity index (χ1) is 13.9. The van der Waals surface area contributed by atoms with Gasteiger partial charge in [-0.05, 0) is 49.4 Å². The molecule has 3 rings (SSSR count). The molecule has 1 fully saturated rings. The van der Waals surface area contributed by atoms with E-state index in [1.165, 1.54) is 18.2 Å². The van der Waals surface area contributed by atoms with E-state index in [0.29, 0.717) is 18.0 Å². The van der Waals surface area contributed by atoms with E-state index in [4.69, 9.17) is 4.74 Å². The van der Waals surface area contributed by atoms with Crippen molar-refractivity contribution in [1.82, 2.24) is 10.2 Å². The van der Waals surface area contributed by atoms with Gasteiger partial charge in [0.1, 0.15) is 29.5 Å². The maximum absolute atomic E-state index is 12.4. The Balaban J connectivity index is 1.66. The van der Waals surface area contributed by atoms with Crippen molar-refractivity contribution in [3.8, 4) is 17.2 Å². The summed E-state index contributed by atoms with van der Waals surface area (Å²) in [6.07, 6.45) is 1.26. The van der Waals surface area contributed by atoms with Gasteiger partial charge in [-0.1, -0.05) is 0 Å². The van der Waals surface area contributed by atoms with Crippen LogP contribution in [-0.4, -0.2) is 46.1 Å². The Morgan fingerprint density at radius 1 is 1.17 bits per heavy atom. The molecule has 1 heterocycles. The summed E-state index contributed by atoms with van der Waals surface area (Å²) in [4.78, 5) is 37.5. The molecule has 1 aliphatic rings. The predicted molar refractivity (Wildman–Crippen MR) is 104 cm³/mol. The van der Waals surface area contributed by atoms with E-state index in [1.807, 2.05) is 6.92 Å². The molecular weight excluding hydrogens is 378 g/mol. The van der Waals surface area contributed by atoms with E-state index in [1.54, 1.807) is 24.3 Å². The van der Waals surface area contributed by atoms with E-state index >= 15 is 0 Å². The second-order valence-electron chi connectivity index (χ2n) is 6.13. The predicted octanol–water partition coefficient (Wildman–Crippen LogP) is 2.03. The Kier molecular flexibility index (Phi) is 5.68. The number of aromatic hydroxyl groups is 2. The third-order valence-electron chi connectivity index (χ3n) is 4.03. The molecule has 4 N–H and O–H groups in total. The smallest absolute Gasteiger partial charge is 0.329 e. The van der Waals surface area contributed by atoms with Gasteiger partial charge in [-0.2, -0.15) is 0 Å². The monoisotopic (exact) mass is 397 g/mol. The van der Waals surface area contributed by atoms with Crippen LogP contribution in [0.4, 0.5) is 10.5 Å². The molecule has 0 aliphatic carbocycles. The minimum absolute atomic E-state index is 0.0927. The van der Waals surface area contributed by atoms with Crippen molar-refractivity contribution < 1.29 is 29.3 Å². The Bertz CT molecular complexity index is 984. The zero-order valence-corrected chi connectivity index (χ0v) is 15.5. The topological polar surface area (TPSA) is 128 Å². The van der Waals surface area contributed by atoms with E-state index in [9.17, 15) is 24.6 Å². The van der Waals surface area contributed by atoms with Gasteiger partial charge in [0.15, 0.2) is 0 Å². The summed E-state index contributed by atoms with van der Waals surface area (Å²) in [5.41, 5.74) is 0.632. The molecule has 9 heteroatoms. The first-order valence-corrected chi connectivity index (χ1v) is 8.76. The van der Waals surface area contributed by atoms with Crippen LogP contribution in [0.25, 0.3) is 6.08 Å². The standard InChI is InChI=1S/C20H19N3O6/c1-2-29-15-7-4-13(5-8-15)21-18(26)11-23-19(27)16(22-20(23)28)9-12-3-6-14(24)10-17(12)25/h3-10,24-25H,2,11H2,1H3,(H,21,26)(H,22,28)/b16-9-. The van der Waals surface area contributed by atoms with E-state index in [-0.39, 0.29) is 22.8 Å². The van der Waals surface area contributed by atoms with Gasteiger partial charge in [0, 0.05) is 17.3 Å². The fraction of sp³-hybridized carbons (Fsp3) is 0.150. The normalized spacial score (nSPS) is 14.8. The second kappa shape index (κ2) is 8.34. The second-order valence-corrected chi connectivity index (χ2v) is 6.13.